The number of fused-ring (bicyclic) bond motifs is 3. The summed E-state index contributed by atoms with van der Waals surface area (Å²) in [6.45, 7) is 0.879. The largest absolute Gasteiger partial charge is 0.491 e. The van der Waals surface area contributed by atoms with E-state index >= 15 is 0 Å². The highest BCUT2D eigenvalue weighted by atomic mass is 19.4. The van der Waals surface area contributed by atoms with E-state index < -0.39 is 46.6 Å². The van der Waals surface area contributed by atoms with Crippen LogP contribution in [-0.2, 0) is 27.1 Å². The average Bonchev–Trinajstić information content (AvgIpc) is 3.28. The second kappa shape index (κ2) is 9.78. The summed E-state index contributed by atoms with van der Waals surface area (Å²) in [5.74, 6) is -1.96. The molecule has 1 aliphatic carbocycles. The van der Waals surface area contributed by atoms with E-state index in [2.05, 4.69) is 0 Å². The van der Waals surface area contributed by atoms with Crippen molar-refractivity contribution in [3.8, 4) is 5.75 Å². The van der Waals surface area contributed by atoms with Crippen LogP contribution in [0.5, 0.6) is 5.75 Å². The summed E-state index contributed by atoms with van der Waals surface area (Å²) in [5, 5.41) is 9.31. The number of rotatable bonds is 5. The molecular formula is C29H30F5NO4. The summed E-state index contributed by atoms with van der Waals surface area (Å²) in [5.41, 5.74) is -3.48. The number of carbonyl (C=O) groups excluding carboxylic acids is 1. The van der Waals surface area contributed by atoms with Crippen LogP contribution >= 0.6 is 0 Å². The topological polar surface area (TPSA) is 66.8 Å². The molecule has 3 aliphatic rings. The normalized spacial score (nSPS) is 28.2. The number of likely N-dealkylation sites (tertiary alicyclic amines) is 1. The van der Waals surface area contributed by atoms with Crippen molar-refractivity contribution in [1.29, 1.82) is 0 Å². The molecule has 0 bridgehead atoms. The summed E-state index contributed by atoms with van der Waals surface area (Å²) < 4.78 is 74.6. The van der Waals surface area contributed by atoms with Gasteiger partial charge in [-0.05, 0) is 69.2 Å². The van der Waals surface area contributed by atoms with Gasteiger partial charge in [0, 0.05) is 29.0 Å². The summed E-state index contributed by atoms with van der Waals surface area (Å²) in [6, 6.07) is 9.21. The zero-order chi connectivity index (χ0) is 28.2. The molecule has 1 amide bonds. The molecule has 210 valence electrons. The van der Waals surface area contributed by atoms with Gasteiger partial charge in [0.05, 0.1) is 12.0 Å². The molecule has 2 aromatic carbocycles. The Bertz CT molecular complexity index is 1250. The fraction of sp³-hybridized carbons (Fsp3) is 0.517. The van der Waals surface area contributed by atoms with Crippen molar-refractivity contribution in [2.45, 2.75) is 68.8 Å². The zero-order valence-electron chi connectivity index (χ0n) is 21.4. The molecule has 1 saturated heterocycles. The Hall–Kier alpha value is -3.17. The number of hydrogen-bond acceptors (Lipinski definition) is 3. The number of nitrogens with zero attached hydrogens (tertiary/aromatic N) is 1. The van der Waals surface area contributed by atoms with Crippen LogP contribution in [0.1, 0.15) is 55.7 Å². The second-order valence-electron chi connectivity index (χ2n) is 11.2. The fourth-order valence-electron chi connectivity index (χ4n) is 6.54. The van der Waals surface area contributed by atoms with Crippen LogP contribution in [0.15, 0.2) is 42.5 Å². The Labute approximate surface area is 222 Å². The van der Waals surface area contributed by atoms with Crippen molar-refractivity contribution in [1.82, 2.24) is 4.90 Å². The first-order chi connectivity index (χ1) is 18.3. The average molecular weight is 552 g/mol. The molecule has 10 heteroatoms. The van der Waals surface area contributed by atoms with Crippen LogP contribution in [0, 0.1) is 17.7 Å². The highest BCUT2D eigenvalue weighted by Crippen LogP contribution is 2.52. The summed E-state index contributed by atoms with van der Waals surface area (Å²) in [7, 11) is 0. The maximum absolute atomic E-state index is 14.8. The van der Waals surface area contributed by atoms with Gasteiger partial charge in [0.25, 0.3) is 0 Å². The molecule has 2 aromatic rings. The lowest BCUT2D eigenvalue weighted by Crippen LogP contribution is -2.53. The number of carbonyl (C=O) groups is 2. The third-order valence-electron chi connectivity index (χ3n) is 8.94. The smallest absolute Gasteiger partial charge is 0.426 e. The molecule has 2 fully saturated rings. The van der Waals surface area contributed by atoms with E-state index in [1.54, 1.807) is 17.0 Å². The maximum atomic E-state index is 14.8. The standard InChI is InChI=1S/C29H30F5NO4/c1-27(31,29(32,33)34)20-8-11-22-23(14-20)39-16-24-28(22,15-17-2-9-21(30)10-3-17)12-13-35(24)25(36)18-4-6-19(7-5-18)26(37)38/h2-3,8-11,14,18-19,24H,4-7,12-13,15-16H2,1H3,(H,37,38). The lowest BCUT2D eigenvalue weighted by atomic mass is 9.68. The Morgan fingerprint density at radius 1 is 1.03 bits per heavy atom. The van der Waals surface area contributed by atoms with Crippen LogP contribution in [0.4, 0.5) is 22.0 Å². The van der Waals surface area contributed by atoms with Gasteiger partial charge >= 0.3 is 12.1 Å². The van der Waals surface area contributed by atoms with Gasteiger partial charge in [0.2, 0.25) is 11.6 Å². The Kier molecular flexibility index (Phi) is 6.87. The van der Waals surface area contributed by atoms with Crippen molar-refractivity contribution in [2.24, 2.45) is 11.8 Å². The number of ether oxygens (including phenoxy) is 1. The quantitative estimate of drug-likeness (QED) is 0.468. The molecule has 3 unspecified atom stereocenters. The first-order valence-electron chi connectivity index (χ1n) is 13.1. The van der Waals surface area contributed by atoms with Gasteiger partial charge in [-0.2, -0.15) is 13.2 Å². The minimum atomic E-state index is -5.11. The van der Waals surface area contributed by atoms with E-state index in [0.717, 1.165) is 17.7 Å². The maximum Gasteiger partial charge on any atom is 0.426 e. The second-order valence-corrected chi connectivity index (χ2v) is 11.2. The molecule has 1 saturated carbocycles. The molecule has 5 rings (SSSR count). The predicted octanol–water partition coefficient (Wildman–Crippen LogP) is 5.94. The SMILES string of the molecule is CC(F)(c1ccc2c(c1)OCC1N(C(=O)C3CCC(C(=O)O)CC3)CCC21Cc1ccc(F)cc1)C(F)(F)F. The number of alkyl halides is 4. The van der Waals surface area contributed by atoms with E-state index in [9.17, 15) is 36.6 Å². The van der Waals surface area contributed by atoms with E-state index in [-0.39, 0.29) is 24.2 Å². The van der Waals surface area contributed by atoms with Gasteiger partial charge in [-0.1, -0.05) is 24.3 Å². The monoisotopic (exact) mass is 551 g/mol. The minimum absolute atomic E-state index is 0.0167. The van der Waals surface area contributed by atoms with E-state index in [0.29, 0.717) is 57.6 Å². The van der Waals surface area contributed by atoms with E-state index in [4.69, 9.17) is 4.74 Å². The molecular weight excluding hydrogens is 521 g/mol. The zero-order valence-corrected chi connectivity index (χ0v) is 21.4. The molecule has 0 spiro atoms. The third kappa shape index (κ3) is 4.76. The number of hydrogen-bond donors (Lipinski definition) is 1. The van der Waals surface area contributed by atoms with Crippen molar-refractivity contribution in [2.75, 3.05) is 13.2 Å². The lowest BCUT2D eigenvalue weighted by molar-refractivity contribution is -0.228. The summed E-state index contributed by atoms with van der Waals surface area (Å²) in [4.78, 5) is 26.8. The summed E-state index contributed by atoms with van der Waals surface area (Å²) in [6.07, 6.45) is -2.44. The third-order valence-corrected chi connectivity index (χ3v) is 8.94. The van der Waals surface area contributed by atoms with E-state index in [1.165, 1.54) is 18.2 Å². The van der Waals surface area contributed by atoms with Crippen molar-refractivity contribution >= 4 is 11.9 Å². The first kappa shape index (κ1) is 27.4. The lowest BCUT2D eigenvalue weighted by Gasteiger charge is -2.44. The van der Waals surface area contributed by atoms with Gasteiger partial charge in [-0.15, -0.1) is 0 Å². The van der Waals surface area contributed by atoms with E-state index in [1.807, 2.05) is 0 Å². The number of halogens is 5. The highest BCUT2D eigenvalue weighted by Gasteiger charge is 2.57. The molecule has 5 nitrogen and oxygen atoms in total. The predicted molar refractivity (Wildman–Crippen MR) is 131 cm³/mol. The number of benzene rings is 2. The van der Waals surface area contributed by atoms with Crippen LogP contribution in [0.25, 0.3) is 0 Å². The van der Waals surface area contributed by atoms with Crippen LogP contribution in [-0.4, -0.2) is 47.3 Å². The molecule has 0 aromatic heterocycles. The van der Waals surface area contributed by atoms with Crippen molar-refractivity contribution in [3.05, 3.63) is 65.0 Å². The van der Waals surface area contributed by atoms with Gasteiger partial charge in [0.15, 0.2) is 0 Å². The van der Waals surface area contributed by atoms with Gasteiger partial charge in [-0.3, -0.25) is 9.59 Å². The highest BCUT2D eigenvalue weighted by molar-refractivity contribution is 5.81. The number of aliphatic carboxylic acids is 1. The van der Waals surface area contributed by atoms with Crippen molar-refractivity contribution in [3.63, 3.8) is 0 Å². The minimum Gasteiger partial charge on any atom is -0.491 e. The number of amides is 1. The Balaban J connectivity index is 1.49. The van der Waals surface area contributed by atoms with Gasteiger partial charge < -0.3 is 14.7 Å². The summed E-state index contributed by atoms with van der Waals surface area (Å²) >= 11 is 0. The van der Waals surface area contributed by atoms with Crippen LogP contribution in [0.3, 0.4) is 0 Å². The molecule has 2 aliphatic heterocycles. The molecule has 1 N–H and O–H groups in total. The fourth-order valence-corrected chi connectivity index (χ4v) is 6.54. The van der Waals surface area contributed by atoms with Gasteiger partial charge in [0.1, 0.15) is 18.2 Å². The molecule has 39 heavy (non-hydrogen) atoms. The van der Waals surface area contributed by atoms with Crippen LogP contribution in [0.2, 0.25) is 0 Å². The molecule has 2 heterocycles. The number of carboxylic acids is 1. The molecule has 0 radical (unpaired) electrons. The Morgan fingerprint density at radius 3 is 2.28 bits per heavy atom. The van der Waals surface area contributed by atoms with Crippen molar-refractivity contribution < 1.29 is 41.4 Å². The molecule has 3 atom stereocenters. The first-order valence-corrected chi connectivity index (χ1v) is 13.1. The Morgan fingerprint density at radius 2 is 1.67 bits per heavy atom. The number of carboxylic acid groups (broad SMARTS) is 1. The van der Waals surface area contributed by atoms with Gasteiger partial charge in [-0.25, -0.2) is 8.78 Å². The van der Waals surface area contributed by atoms with Crippen LogP contribution < -0.4 is 4.74 Å².